The predicted octanol–water partition coefficient (Wildman–Crippen LogP) is 4.40. The SMILES string of the molecule is Cc1ccc(Nc2c(F)cccc2Cl)c(CC(=O)NN2C(=O)c3ccccc3C2=O)c1. The van der Waals surface area contributed by atoms with Gasteiger partial charge < -0.3 is 5.32 Å². The third kappa shape index (κ3) is 4.00. The van der Waals surface area contributed by atoms with Crippen molar-refractivity contribution in [2.75, 3.05) is 5.32 Å². The summed E-state index contributed by atoms with van der Waals surface area (Å²) in [7, 11) is 0. The number of nitrogens with one attached hydrogen (secondary N) is 2. The van der Waals surface area contributed by atoms with Crippen LogP contribution in [0.4, 0.5) is 15.8 Å². The molecule has 0 unspecified atom stereocenters. The fourth-order valence-corrected chi connectivity index (χ4v) is 3.58. The van der Waals surface area contributed by atoms with Crippen LogP contribution in [0.15, 0.2) is 60.7 Å². The normalized spacial score (nSPS) is 12.7. The first kappa shape index (κ1) is 20.6. The number of nitrogens with zero attached hydrogens (tertiary/aromatic N) is 1. The smallest absolute Gasteiger partial charge is 0.280 e. The number of hydrogen-bond acceptors (Lipinski definition) is 4. The van der Waals surface area contributed by atoms with Crippen LogP contribution in [0.25, 0.3) is 0 Å². The van der Waals surface area contributed by atoms with Crippen molar-refractivity contribution in [2.24, 2.45) is 0 Å². The van der Waals surface area contributed by atoms with Gasteiger partial charge in [-0.3, -0.25) is 19.8 Å². The number of carbonyl (C=O) groups excluding carboxylic acids is 3. The highest BCUT2D eigenvalue weighted by Crippen LogP contribution is 2.30. The lowest BCUT2D eigenvalue weighted by Crippen LogP contribution is -2.46. The third-order valence-electron chi connectivity index (χ3n) is 4.86. The third-order valence-corrected chi connectivity index (χ3v) is 5.18. The zero-order chi connectivity index (χ0) is 22.1. The van der Waals surface area contributed by atoms with Gasteiger partial charge in [-0.2, -0.15) is 5.01 Å². The van der Waals surface area contributed by atoms with Crippen molar-refractivity contribution in [1.29, 1.82) is 0 Å². The lowest BCUT2D eigenvalue weighted by atomic mass is 10.1. The van der Waals surface area contributed by atoms with E-state index in [1.165, 1.54) is 24.3 Å². The Balaban J connectivity index is 1.55. The second-order valence-electron chi connectivity index (χ2n) is 7.09. The van der Waals surface area contributed by atoms with Crippen LogP contribution in [0.1, 0.15) is 31.8 Å². The van der Waals surface area contributed by atoms with Crippen LogP contribution < -0.4 is 10.7 Å². The molecule has 3 aromatic rings. The van der Waals surface area contributed by atoms with Gasteiger partial charge in [-0.15, -0.1) is 0 Å². The van der Waals surface area contributed by atoms with Gasteiger partial charge in [-0.1, -0.05) is 47.5 Å². The average Bonchev–Trinajstić information content (AvgIpc) is 2.97. The quantitative estimate of drug-likeness (QED) is 0.580. The second kappa shape index (κ2) is 8.20. The summed E-state index contributed by atoms with van der Waals surface area (Å²) in [5, 5.41) is 3.84. The van der Waals surface area contributed by atoms with Gasteiger partial charge in [0.1, 0.15) is 5.82 Å². The summed E-state index contributed by atoms with van der Waals surface area (Å²) in [6.45, 7) is 1.85. The highest BCUT2D eigenvalue weighted by atomic mass is 35.5. The summed E-state index contributed by atoms with van der Waals surface area (Å²) in [4.78, 5) is 37.6. The van der Waals surface area contributed by atoms with Gasteiger partial charge in [0.2, 0.25) is 5.91 Å². The fraction of sp³-hybridized carbons (Fsp3) is 0.0870. The minimum Gasteiger partial charge on any atom is -0.352 e. The molecule has 31 heavy (non-hydrogen) atoms. The molecule has 156 valence electrons. The molecule has 0 radical (unpaired) electrons. The van der Waals surface area contributed by atoms with Crippen molar-refractivity contribution < 1.29 is 18.8 Å². The minimum atomic E-state index is -0.588. The van der Waals surface area contributed by atoms with E-state index in [0.717, 1.165) is 5.56 Å². The number of halogens is 2. The van der Waals surface area contributed by atoms with Crippen LogP contribution >= 0.6 is 11.6 Å². The number of imide groups is 1. The average molecular weight is 438 g/mol. The molecule has 0 spiro atoms. The Bertz CT molecular complexity index is 1170. The van der Waals surface area contributed by atoms with E-state index < -0.39 is 23.5 Å². The van der Waals surface area contributed by atoms with Crippen molar-refractivity contribution in [1.82, 2.24) is 10.4 Å². The maximum atomic E-state index is 14.2. The van der Waals surface area contributed by atoms with Crippen molar-refractivity contribution >= 4 is 40.7 Å². The summed E-state index contributed by atoms with van der Waals surface area (Å²) in [5.41, 5.74) is 4.85. The summed E-state index contributed by atoms with van der Waals surface area (Å²) in [6.07, 6.45) is -0.149. The van der Waals surface area contributed by atoms with Crippen LogP contribution in [-0.2, 0) is 11.2 Å². The molecule has 0 atom stereocenters. The van der Waals surface area contributed by atoms with Gasteiger partial charge in [0, 0.05) is 5.69 Å². The Labute approximate surface area is 182 Å². The van der Waals surface area contributed by atoms with Crippen molar-refractivity contribution in [3.63, 3.8) is 0 Å². The number of fused-ring (bicyclic) bond motifs is 1. The zero-order valence-electron chi connectivity index (χ0n) is 16.4. The molecule has 0 aromatic heterocycles. The minimum absolute atomic E-state index is 0.0926. The first-order valence-electron chi connectivity index (χ1n) is 9.43. The standard InChI is InChI=1S/C23H17ClFN3O3/c1-13-9-10-19(26-21-17(24)7-4-8-18(21)25)14(11-13)12-20(29)27-28-22(30)15-5-2-3-6-16(15)23(28)31/h2-11,26H,12H2,1H3,(H,27,29). The van der Waals surface area contributed by atoms with E-state index in [1.54, 1.807) is 30.3 Å². The first-order valence-corrected chi connectivity index (χ1v) is 9.81. The number of anilines is 2. The van der Waals surface area contributed by atoms with Gasteiger partial charge in [0.15, 0.2) is 0 Å². The summed E-state index contributed by atoms with van der Waals surface area (Å²) < 4.78 is 14.2. The van der Waals surface area contributed by atoms with Gasteiger partial charge >= 0.3 is 0 Å². The van der Waals surface area contributed by atoms with E-state index in [0.29, 0.717) is 16.3 Å². The molecule has 0 bridgehead atoms. The van der Waals surface area contributed by atoms with Crippen LogP contribution in [-0.4, -0.2) is 22.7 Å². The largest absolute Gasteiger partial charge is 0.352 e. The van der Waals surface area contributed by atoms with E-state index >= 15 is 0 Å². The number of para-hydroxylation sites is 1. The summed E-state index contributed by atoms with van der Waals surface area (Å²) in [5.74, 6) is -2.28. The molecule has 0 fully saturated rings. The second-order valence-corrected chi connectivity index (χ2v) is 7.49. The number of amides is 3. The molecule has 0 saturated carbocycles. The zero-order valence-corrected chi connectivity index (χ0v) is 17.2. The summed E-state index contributed by atoms with van der Waals surface area (Å²) in [6, 6.07) is 16.0. The Hall–Kier alpha value is -3.71. The molecule has 6 nitrogen and oxygen atoms in total. The maximum Gasteiger partial charge on any atom is 0.280 e. The molecule has 8 heteroatoms. The van der Waals surface area contributed by atoms with Crippen LogP contribution in [0, 0.1) is 12.7 Å². The van der Waals surface area contributed by atoms with Crippen LogP contribution in [0.5, 0.6) is 0 Å². The molecule has 2 N–H and O–H groups in total. The number of benzene rings is 3. The lowest BCUT2D eigenvalue weighted by molar-refractivity contribution is -0.123. The van der Waals surface area contributed by atoms with Crippen molar-refractivity contribution in [2.45, 2.75) is 13.3 Å². The van der Waals surface area contributed by atoms with Crippen LogP contribution in [0.3, 0.4) is 0 Å². The van der Waals surface area contributed by atoms with E-state index in [4.69, 9.17) is 11.6 Å². The summed E-state index contributed by atoms with van der Waals surface area (Å²) >= 11 is 6.10. The maximum absolute atomic E-state index is 14.2. The van der Waals surface area contributed by atoms with E-state index in [9.17, 15) is 18.8 Å². The number of hydrogen-bond donors (Lipinski definition) is 2. The molecule has 4 rings (SSSR count). The number of aryl methyl sites for hydroxylation is 1. The molecule has 0 aliphatic carbocycles. The van der Waals surface area contributed by atoms with E-state index in [1.807, 2.05) is 13.0 Å². The molecule has 3 aromatic carbocycles. The van der Waals surface area contributed by atoms with Gasteiger partial charge in [0.25, 0.3) is 11.8 Å². The molecular weight excluding hydrogens is 421 g/mol. The first-order chi connectivity index (χ1) is 14.8. The Kier molecular flexibility index (Phi) is 5.44. The molecule has 3 amide bonds. The Morgan fingerprint density at radius 2 is 1.68 bits per heavy atom. The number of carbonyl (C=O) groups is 3. The lowest BCUT2D eigenvalue weighted by Gasteiger charge is -2.17. The Morgan fingerprint density at radius 1 is 1.00 bits per heavy atom. The number of hydrazine groups is 1. The van der Waals surface area contributed by atoms with E-state index in [-0.39, 0.29) is 28.3 Å². The van der Waals surface area contributed by atoms with Crippen molar-refractivity contribution in [3.8, 4) is 0 Å². The molecular formula is C23H17ClFN3O3. The van der Waals surface area contributed by atoms with Gasteiger partial charge in [-0.05, 0) is 42.8 Å². The van der Waals surface area contributed by atoms with Gasteiger partial charge in [0.05, 0.1) is 28.3 Å². The predicted molar refractivity (Wildman–Crippen MR) is 115 cm³/mol. The van der Waals surface area contributed by atoms with Crippen molar-refractivity contribution in [3.05, 3.63) is 93.8 Å². The fourth-order valence-electron chi connectivity index (χ4n) is 3.37. The molecule has 1 heterocycles. The molecule has 1 aliphatic rings. The van der Waals surface area contributed by atoms with E-state index in [2.05, 4.69) is 10.7 Å². The Morgan fingerprint density at radius 3 is 2.32 bits per heavy atom. The highest BCUT2D eigenvalue weighted by Gasteiger charge is 2.36. The van der Waals surface area contributed by atoms with Gasteiger partial charge in [-0.25, -0.2) is 4.39 Å². The highest BCUT2D eigenvalue weighted by molar-refractivity contribution is 6.33. The topological polar surface area (TPSA) is 78.5 Å². The van der Waals surface area contributed by atoms with Crippen LogP contribution in [0.2, 0.25) is 5.02 Å². The monoisotopic (exact) mass is 437 g/mol. The number of rotatable bonds is 5. The molecule has 1 aliphatic heterocycles. The molecule has 0 saturated heterocycles.